The van der Waals surface area contributed by atoms with Gasteiger partial charge in [-0.2, -0.15) is 13.2 Å². The van der Waals surface area contributed by atoms with E-state index in [0.29, 0.717) is 24.6 Å². The zero-order valence-corrected chi connectivity index (χ0v) is 15.7. The van der Waals surface area contributed by atoms with Crippen LogP contribution in [0.4, 0.5) is 13.2 Å². The Morgan fingerprint density at radius 3 is 2.59 bits per heavy atom. The van der Waals surface area contributed by atoms with Gasteiger partial charge in [-0.1, -0.05) is 31.5 Å². The van der Waals surface area contributed by atoms with Crippen molar-refractivity contribution in [1.82, 2.24) is 10.3 Å². The lowest BCUT2D eigenvalue weighted by atomic mass is 10.2. The zero-order chi connectivity index (χ0) is 20.0. The Kier molecular flexibility index (Phi) is 7.07. The topological polar surface area (TPSA) is 51.2 Å². The van der Waals surface area contributed by atoms with Gasteiger partial charge in [0.05, 0.1) is 17.2 Å². The fourth-order valence-electron chi connectivity index (χ4n) is 2.19. The van der Waals surface area contributed by atoms with E-state index in [1.54, 1.807) is 18.3 Å². The first-order chi connectivity index (χ1) is 12.7. The summed E-state index contributed by atoms with van der Waals surface area (Å²) < 4.78 is 43.9. The molecule has 1 heterocycles. The van der Waals surface area contributed by atoms with Gasteiger partial charge in [0.2, 0.25) is 0 Å². The molecule has 4 nitrogen and oxygen atoms in total. The number of hydrogen-bond acceptors (Lipinski definition) is 3. The van der Waals surface area contributed by atoms with Crippen LogP contribution in [0.15, 0.2) is 36.5 Å². The van der Waals surface area contributed by atoms with Crippen molar-refractivity contribution in [3.05, 3.63) is 58.4 Å². The molecule has 2 rings (SSSR count). The number of amides is 1. The smallest absolute Gasteiger partial charge is 0.417 e. The molecule has 0 bridgehead atoms. The Morgan fingerprint density at radius 1 is 1.26 bits per heavy atom. The number of pyridine rings is 1. The number of nitrogens with one attached hydrogen (secondary N) is 1. The first-order valence-corrected chi connectivity index (χ1v) is 8.77. The van der Waals surface area contributed by atoms with Crippen molar-refractivity contribution in [1.29, 1.82) is 0 Å². The molecule has 0 aliphatic rings. The summed E-state index contributed by atoms with van der Waals surface area (Å²) in [7, 11) is 0. The van der Waals surface area contributed by atoms with Crippen LogP contribution in [0.1, 0.15) is 35.5 Å². The van der Waals surface area contributed by atoms with Crippen LogP contribution in [-0.4, -0.2) is 24.0 Å². The predicted octanol–water partition coefficient (Wildman–Crippen LogP) is 4.76. The van der Waals surface area contributed by atoms with Gasteiger partial charge in [-0.25, -0.2) is 0 Å². The molecule has 0 spiro atoms. The summed E-state index contributed by atoms with van der Waals surface area (Å²) in [5.41, 5.74) is 0.188. The minimum Gasteiger partial charge on any atom is -0.493 e. The molecule has 0 radical (unpaired) electrons. The van der Waals surface area contributed by atoms with Crippen LogP contribution >= 0.6 is 11.6 Å². The van der Waals surface area contributed by atoms with Crippen LogP contribution in [0.5, 0.6) is 5.75 Å². The van der Waals surface area contributed by atoms with E-state index in [1.165, 1.54) is 6.07 Å². The van der Waals surface area contributed by atoms with Gasteiger partial charge in [-0.15, -0.1) is 0 Å². The lowest BCUT2D eigenvalue weighted by Gasteiger charge is -2.12. The summed E-state index contributed by atoms with van der Waals surface area (Å²) in [6.45, 7) is 4.72. The summed E-state index contributed by atoms with van der Waals surface area (Å²) in [4.78, 5) is 16.0. The number of alkyl halides is 3. The number of hydrogen-bond donors (Lipinski definition) is 1. The molecule has 146 valence electrons. The molecule has 0 saturated carbocycles. The number of nitrogens with zero attached hydrogens (tertiary/aromatic N) is 1. The Hall–Kier alpha value is -2.28. The number of rotatable bonds is 7. The van der Waals surface area contributed by atoms with E-state index in [9.17, 15) is 18.0 Å². The molecule has 1 aromatic heterocycles. The fraction of sp³-hybridized carbons (Fsp3) is 0.368. The maximum absolute atomic E-state index is 12.8. The van der Waals surface area contributed by atoms with Crippen LogP contribution in [0.3, 0.4) is 0 Å². The summed E-state index contributed by atoms with van der Waals surface area (Å²) in [6, 6.07) is 6.77. The van der Waals surface area contributed by atoms with Gasteiger partial charge in [0, 0.05) is 19.2 Å². The van der Waals surface area contributed by atoms with Crippen molar-refractivity contribution in [2.24, 2.45) is 5.92 Å². The van der Waals surface area contributed by atoms with Crippen molar-refractivity contribution < 1.29 is 22.7 Å². The third-order valence-electron chi connectivity index (χ3n) is 3.63. The molecule has 1 N–H and O–H groups in total. The number of benzene rings is 1. The summed E-state index contributed by atoms with van der Waals surface area (Å²) in [5.74, 6) is 0.188. The molecule has 0 unspecified atom stereocenters. The van der Waals surface area contributed by atoms with E-state index >= 15 is 0 Å². The van der Waals surface area contributed by atoms with E-state index in [2.05, 4.69) is 10.3 Å². The molecule has 1 aromatic carbocycles. The zero-order valence-electron chi connectivity index (χ0n) is 14.9. The second-order valence-electron chi connectivity index (χ2n) is 6.39. The van der Waals surface area contributed by atoms with Crippen LogP contribution in [-0.2, 0) is 12.6 Å². The van der Waals surface area contributed by atoms with Gasteiger partial charge >= 0.3 is 6.18 Å². The Labute approximate surface area is 160 Å². The molecule has 27 heavy (non-hydrogen) atoms. The maximum Gasteiger partial charge on any atom is 0.417 e. The minimum absolute atomic E-state index is 0.0874. The molecular formula is C19H20ClF3N2O2. The van der Waals surface area contributed by atoms with Crippen molar-refractivity contribution in [3.63, 3.8) is 0 Å². The van der Waals surface area contributed by atoms with Gasteiger partial charge in [0.1, 0.15) is 11.4 Å². The molecule has 2 aromatic rings. The van der Waals surface area contributed by atoms with Gasteiger partial charge in [0.15, 0.2) is 0 Å². The summed E-state index contributed by atoms with van der Waals surface area (Å²) in [6.07, 6.45) is -2.55. The number of ether oxygens (including phenoxy) is 1. The Balaban J connectivity index is 1.90. The van der Waals surface area contributed by atoms with Gasteiger partial charge < -0.3 is 10.1 Å². The molecule has 8 heteroatoms. The highest BCUT2D eigenvalue weighted by atomic mass is 35.5. The molecular weight excluding hydrogens is 381 g/mol. The number of aromatic nitrogens is 1. The van der Waals surface area contributed by atoms with Crippen molar-refractivity contribution in [2.75, 3.05) is 13.2 Å². The molecule has 0 fully saturated rings. The standard InChI is InChI=1S/C19H20ClF3N2O2/c1-12(2)10-25-18(26)17-6-3-13(11-24-17)7-8-27-14-4-5-16(20)15(9-14)19(21,22)23/h3-6,9,11-12H,7-8,10H2,1-2H3,(H,25,26). The summed E-state index contributed by atoms with van der Waals surface area (Å²) in [5, 5.41) is 2.41. The lowest BCUT2D eigenvalue weighted by Crippen LogP contribution is -2.28. The maximum atomic E-state index is 12.8. The summed E-state index contributed by atoms with van der Waals surface area (Å²) >= 11 is 5.57. The van der Waals surface area contributed by atoms with Gasteiger partial charge in [-0.3, -0.25) is 9.78 Å². The van der Waals surface area contributed by atoms with Crippen molar-refractivity contribution >= 4 is 17.5 Å². The van der Waals surface area contributed by atoms with Gasteiger partial charge in [-0.05, 0) is 35.7 Å². The second kappa shape index (κ2) is 9.08. The lowest BCUT2D eigenvalue weighted by molar-refractivity contribution is -0.137. The monoisotopic (exact) mass is 400 g/mol. The first-order valence-electron chi connectivity index (χ1n) is 8.39. The first kappa shape index (κ1) is 21.0. The van der Waals surface area contributed by atoms with Crippen molar-refractivity contribution in [3.8, 4) is 5.75 Å². The number of carbonyl (C=O) groups excluding carboxylic acids is 1. The average Bonchev–Trinajstić information content (AvgIpc) is 2.60. The average molecular weight is 401 g/mol. The van der Waals surface area contributed by atoms with E-state index in [0.717, 1.165) is 17.7 Å². The highest BCUT2D eigenvalue weighted by Gasteiger charge is 2.33. The molecule has 0 atom stereocenters. The highest BCUT2D eigenvalue weighted by Crippen LogP contribution is 2.36. The quantitative estimate of drug-likeness (QED) is 0.729. The highest BCUT2D eigenvalue weighted by molar-refractivity contribution is 6.31. The van der Waals surface area contributed by atoms with E-state index < -0.39 is 11.7 Å². The van der Waals surface area contributed by atoms with Crippen LogP contribution in [0.25, 0.3) is 0 Å². The largest absolute Gasteiger partial charge is 0.493 e. The third-order valence-corrected chi connectivity index (χ3v) is 3.96. The predicted molar refractivity (Wildman–Crippen MR) is 97.1 cm³/mol. The molecule has 0 aliphatic carbocycles. The second-order valence-corrected chi connectivity index (χ2v) is 6.80. The van der Waals surface area contributed by atoms with Crippen LogP contribution < -0.4 is 10.1 Å². The SMILES string of the molecule is CC(C)CNC(=O)c1ccc(CCOc2ccc(Cl)c(C(F)(F)F)c2)cn1. The molecule has 1 amide bonds. The van der Waals surface area contributed by atoms with Crippen LogP contribution in [0.2, 0.25) is 5.02 Å². The third kappa shape index (κ3) is 6.43. The molecule has 0 aliphatic heterocycles. The normalized spacial score (nSPS) is 11.5. The Bertz CT molecular complexity index is 778. The van der Waals surface area contributed by atoms with E-state index in [-0.39, 0.29) is 23.3 Å². The fourth-order valence-corrected chi connectivity index (χ4v) is 2.42. The van der Waals surface area contributed by atoms with Crippen molar-refractivity contribution in [2.45, 2.75) is 26.4 Å². The number of carbonyl (C=O) groups is 1. The van der Waals surface area contributed by atoms with Crippen LogP contribution in [0, 0.1) is 5.92 Å². The van der Waals surface area contributed by atoms with E-state index in [4.69, 9.17) is 16.3 Å². The van der Waals surface area contributed by atoms with Gasteiger partial charge in [0.25, 0.3) is 5.91 Å². The van der Waals surface area contributed by atoms with E-state index in [1.807, 2.05) is 13.8 Å². The molecule has 0 saturated heterocycles. The Morgan fingerprint density at radius 2 is 2.00 bits per heavy atom. The minimum atomic E-state index is -4.54. The number of halogens is 4.